The van der Waals surface area contributed by atoms with E-state index in [2.05, 4.69) is 4.90 Å². The number of amides is 1. The molecule has 1 aliphatic heterocycles. The number of thiocarbonyl (C=S) groups is 1. The van der Waals surface area contributed by atoms with E-state index in [4.69, 9.17) is 22.7 Å². The molecule has 0 aliphatic carbocycles. The van der Waals surface area contributed by atoms with Crippen LogP contribution in [0.4, 0.5) is 0 Å². The average molecular weight is 287 g/mol. The number of carbonyl (C=O) groups is 1. The number of hydrogen-bond donors (Lipinski definition) is 1. The summed E-state index contributed by atoms with van der Waals surface area (Å²) in [6.45, 7) is 3.14. The van der Waals surface area contributed by atoms with E-state index in [0.717, 1.165) is 32.5 Å². The van der Waals surface area contributed by atoms with Crippen molar-refractivity contribution in [1.82, 2.24) is 9.80 Å². The average Bonchev–Trinajstić information content (AvgIpc) is 2.85. The lowest BCUT2D eigenvalue weighted by atomic mass is 10.2. The summed E-state index contributed by atoms with van der Waals surface area (Å²) in [7, 11) is 3.82. The molecule has 1 rings (SSSR count). The van der Waals surface area contributed by atoms with Gasteiger partial charge in [-0.3, -0.25) is 4.79 Å². The van der Waals surface area contributed by atoms with Crippen molar-refractivity contribution in [3.8, 4) is 0 Å². The smallest absolute Gasteiger partial charge is 0.223 e. The van der Waals surface area contributed by atoms with E-state index in [0.29, 0.717) is 30.5 Å². The number of nitrogens with zero attached hydrogens (tertiary/aromatic N) is 2. The fourth-order valence-corrected chi connectivity index (χ4v) is 2.20. The third-order valence-corrected chi connectivity index (χ3v) is 3.57. The van der Waals surface area contributed by atoms with Gasteiger partial charge in [0.05, 0.1) is 11.1 Å². The van der Waals surface area contributed by atoms with Crippen LogP contribution >= 0.6 is 12.2 Å². The van der Waals surface area contributed by atoms with E-state index in [1.807, 2.05) is 7.05 Å². The van der Waals surface area contributed by atoms with Gasteiger partial charge < -0.3 is 20.3 Å². The van der Waals surface area contributed by atoms with Gasteiger partial charge in [-0.05, 0) is 19.9 Å². The minimum atomic E-state index is 0.135. The van der Waals surface area contributed by atoms with Gasteiger partial charge in [-0.25, -0.2) is 0 Å². The van der Waals surface area contributed by atoms with Crippen LogP contribution in [0.3, 0.4) is 0 Å². The summed E-state index contributed by atoms with van der Waals surface area (Å²) in [6, 6.07) is 0. The molecule has 2 N–H and O–H groups in total. The first-order valence-corrected chi connectivity index (χ1v) is 7.22. The molecule has 1 heterocycles. The highest BCUT2D eigenvalue weighted by molar-refractivity contribution is 7.80. The van der Waals surface area contributed by atoms with E-state index in [1.165, 1.54) is 0 Å². The third-order valence-electron chi connectivity index (χ3n) is 3.37. The molecule has 5 nitrogen and oxygen atoms in total. The zero-order valence-corrected chi connectivity index (χ0v) is 12.7. The lowest BCUT2D eigenvalue weighted by Gasteiger charge is -2.22. The van der Waals surface area contributed by atoms with E-state index < -0.39 is 0 Å². The Hall–Kier alpha value is -0.720. The SMILES string of the molecule is CN(CCC(=O)N(C)CCC(N)=S)CC1CCCO1. The maximum Gasteiger partial charge on any atom is 0.223 e. The van der Waals surface area contributed by atoms with Gasteiger partial charge in [0, 0.05) is 46.1 Å². The molecule has 1 amide bonds. The van der Waals surface area contributed by atoms with Crippen molar-refractivity contribution in [3.63, 3.8) is 0 Å². The van der Waals surface area contributed by atoms with Crippen molar-refractivity contribution in [2.45, 2.75) is 31.8 Å². The summed E-state index contributed by atoms with van der Waals surface area (Å²) in [6.07, 6.45) is 3.73. The molecule has 0 radical (unpaired) electrons. The Balaban J connectivity index is 2.15. The molecular weight excluding hydrogens is 262 g/mol. The Morgan fingerprint density at radius 1 is 1.37 bits per heavy atom. The van der Waals surface area contributed by atoms with Crippen molar-refractivity contribution >= 4 is 23.1 Å². The van der Waals surface area contributed by atoms with Crippen molar-refractivity contribution in [1.29, 1.82) is 0 Å². The van der Waals surface area contributed by atoms with Crippen LogP contribution in [0.2, 0.25) is 0 Å². The van der Waals surface area contributed by atoms with Gasteiger partial charge in [0.25, 0.3) is 0 Å². The number of ether oxygens (including phenoxy) is 1. The molecule has 1 fully saturated rings. The molecular formula is C13H25N3O2S. The Morgan fingerprint density at radius 2 is 2.11 bits per heavy atom. The number of rotatable bonds is 8. The molecule has 0 saturated carbocycles. The fourth-order valence-electron chi connectivity index (χ4n) is 2.11. The summed E-state index contributed by atoms with van der Waals surface area (Å²) < 4.78 is 5.58. The van der Waals surface area contributed by atoms with Crippen LogP contribution in [-0.2, 0) is 9.53 Å². The molecule has 110 valence electrons. The van der Waals surface area contributed by atoms with Gasteiger partial charge in [0.1, 0.15) is 0 Å². The topological polar surface area (TPSA) is 58.8 Å². The van der Waals surface area contributed by atoms with Crippen LogP contribution in [0.5, 0.6) is 0 Å². The van der Waals surface area contributed by atoms with Gasteiger partial charge in [0.2, 0.25) is 5.91 Å². The summed E-state index contributed by atoms with van der Waals surface area (Å²) >= 11 is 4.80. The van der Waals surface area contributed by atoms with Crippen molar-refractivity contribution < 1.29 is 9.53 Å². The number of carbonyl (C=O) groups excluding carboxylic acids is 1. The van der Waals surface area contributed by atoms with Gasteiger partial charge >= 0.3 is 0 Å². The molecule has 1 aliphatic rings. The molecule has 6 heteroatoms. The van der Waals surface area contributed by atoms with Crippen molar-refractivity contribution in [2.75, 3.05) is 40.3 Å². The second kappa shape index (κ2) is 8.45. The van der Waals surface area contributed by atoms with Crippen molar-refractivity contribution in [3.05, 3.63) is 0 Å². The zero-order valence-electron chi connectivity index (χ0n) is 11.9. The molecule has 0 aromatic rings. The van der Waals surface area contributed by atoms with Gasteiger partial charge in [-0.2, -0.15) is 0 Å². The summed E-state index contributed by atoms with van der Waals surface area (Å²) in [4.78, 5) is 16.2. The predicted molar refractivity (Wildman–Crippen MR) is 80.1 cm³/mol. The Bertz CT molecular complexity index is 306. The van der Waals surface area contributed by atoms with Gasteiger partial charge in [-0.1, -0.05) is 12.2 Å². The highest BCUT2D eigenvalue weighted by Crippen LogP contribution is 2.12. The normalized spacial score (nSPS) is 18.8. The highest BCUT2D eigenvalue weighted by atomic mass is 32.1. The van der Waals surface area contributed by atoms with E-state index in [1.54, 1.807) is 11.9 Å². The van der Waals surface area contributed by atoms with Crippen molar-refractivity contribution in [2.24, 2.45) is 5.73 Å². The lowest BCUT2D eigenvalue weighted by molar-refractivity contribution is -0.130. The van der Waals surface area contributed by atoms with E-state index in [9.17, 15) is 4.79 Å². The fraction of sp³-hybridized carbons (Fsp3) is 0.846. The molecule has 0 aromatic heterocycles. The van der Waals surface area contributed by atoms with Gasteiger partial charge in [0.15, 0.2) is 0 Å². The van der Waals surface area contributed by atoms with Crippen LogP contribution < -0.4 is 5.73 Å². The molecule has 0 aromatic carbocycles. The largest absolute Gasteiger partial charge is 0.393 e. The first-order valence-electron chi connectivity index (χ1n) is 6.81. The maximum absolute atomic E-state index is 11.9. The minimum absolute atomic E-state index is 0.135. The van der Waals surface area contributed by atoms with Crippen LogP contribution in [0, 0.1) is 0 Å². The molecule has 1 saturated heterocycles. The predicted octanol–water partition coefficient (Wildman–Crippen LogP) is 0.622. The number of likely N-dealkylation sites (N-methyl/N-ethyl adjacent to an activating group) is 1. The summed E-state index contributed by atoms with van der Waals surface area (Å²) in [5, 5.41) is 0. The minimum Gasteiger partial charge on any atom is -0.393 e. The molecule has 1 atom stereocenters. The molecule has 0 spiro atoms. The van der Waals surface area contributed by atoms with E-state index in [-0.39, 0.29) is 5.91 Å². The maximum atomic E-state index is 11.9. The van der Waals surface area contributed by atoms with Crippen LogP contribution in [0.25, 0.3) is 0 Å². The highest BCUT2D eigenvalue weighted by Gasteiger charge is 2.18. The van der Waals surface area contributed by atoms with Crippen LogP contribution in [0.15, 0.2) is 0 Å². The van der Waals surface area contributed by atoms with Crippen LogP contribution in [-0.4, -0.2) is 67.1 Å². The molecule has 1 unspecified atom stereocenters. The Morgan fingerprint density at radius 3 is 2.68 bits per heavy atom. The standard InChI is InChI=1S/C13H25N3O2S/c1-15(10-11-4-3-9-18-11)7-6-13(17)16(2)8-5-12(14)19/h11H,3-10H2,1-2H3,(H2,14,19). The lowest BCUT2D eigenvalue weighted by Crippen LogP contribution is -2.35. The Labute approximate surface area is 121 Å². The second-order valence-corrected chi connectivity index (χ2v) is 5.70. The molecule has 0 bridgehead atoms. The monoisotopic (exact) mass is 287 g/mol. The second-order valence-electron chi connectivity index (χ2n) is 5.18. The van der Waals surface area contributed by atoms with Gasteiger partial charge in [-0.15, -0.1) is 0 Å². The summed E-state index contributed by atoms with van der Waals surface area (Å²) in [5.41, 5.74) is 5.43. The number of nitrogens with two attached hydrogens (primary N) is 1. The Kier molecular flexibility index (Phi) is 7.27. The first kappa shape index (κ1) is 16.3. The van der Waals surface area contributed by atoms with Crippen LogP contribution in [0.1, 0.15) is 25.7 Å². The quantitative estimate of drug-likeness (QED) is 0.663. The number of hydrogen-bond acceptors (Lipinski definition) is 4. The first-order chi connectivity index (χ1) is 8.99. The summed E-state index contributed by atoms with van der Waals surface area (Å²) in [5.74, 6) is 0.135. The third kappa shape index (κ3) is 6.84. The zero-order chi connectivity index (χ0) is 14.3. The van der Waals surface area contributed by atoms with E-state index >= 15 is 0 Å². The molecule has 19 heavy (non-hydrogen) atoms.